The van der Waals surface area contributed by atoms with E-state index in [1.54, 1.807) is 18.4 Å². The smallest absolute Gasteiger partial charge is 0.303 e. The number of carboxylic acids is 1. The number of aliphatic carboxylic acids is 1. The summed E-state index contributed by atoms with van der Waals surface area (Å²) in [6.07, 6.45) is 1.77. The molecule has 0 unspecified atom stereocenters. The molecule has 1 aromatic heterocycles. The maximum atomic E-state index is 12.4. The second-order valence-electron chi connectivity index (χ2n) is 5.43. The Labute approximate surface area is 146 Å². The first kappa shape index (κ1) is 16.4. The van der Waals surface area contributed by atoms with E-state index in [2.05, 4.69) is 21.0 Å². The number of halogens is 1. The molecule has 1 aliphatic heterocycles. The summed E-state index contributed by atoms with van der Waals surface area (Å²) in [4.78, 5) is 23.2. The van der Waals surface area contributed by atoms with Gasteiger partial charge in [0, 0.05) is 17.3 Å². The van der Waals surface area contributed by atoms with Crippen molar-refractivity contribution in [3.63, 3.8) is 0 Å². The van der Waals surface area contributed by atoms with Crippen molar-refractivity contribution in [3.05, 3.63) is 58.5 Å². The summed E-state index contributed by atoms with van der Waals surface area (Å²) < 4.78 is 6.29. The van der Waals surface area contributed by atoms with E-state index in [4.69, 9.17) is 9.52 Å². The fraction of sp³-hybridized carbons (Fsp3) is 0.235. The second kappa shape index (κ2) is 7.00. The molecule has 7 heteroatoms. The summed E-state index contributed by atoms with van der Waals surface area (Å²) in [7, 11) is 0. The molecule has 2 heterocycles. The third-order valence-corrected chi connectivity index (χ3v) is 4.25. The van der Waals surface area contributed by atoms with Gasteiger partial charge < -0.3 is 9.52 Å². The molecule has 1 aromatic carbocycles. The zero-order valence-electron chi connectivity index (χ0n) is 12.7. The minimum Gasteiger partial charge on any atom is -0.481 e. The quantitative estimate of drug-likeness (QED) is 0.845. The predicted octanol–water partition coefficient (Wildman–Crippen LogP) is 3.58. The van der Waals surface area contributed by atoms with Crippen LogP contribution in [0.1, 0.15) is 36.6 Å². The number of carbonyl (C=O) groups is 2. The van der Waals surface area contributed by atoms with Crippen LogP contribution in [0.5, 0.6) is 0 Å². The average Bonchev–Trinajstić information content (AvgIpc) is 3.21. The molecule has 124 valence electrons. The van der Waals surface area contributed by atoms with Crippen LogP contribution < -0.4 is 0 Å². The Morgan fingerprint density at radius 1 is 1.29 bits per heavy atom. The van der Waals surface area contributed by atoms with Gasteiger partial charge in [0.05, 0.1) is 18.7 Å². The van der Waals surface area contributed by atoms with Gasteiger partial charge in [0.2, 0.25) is 5.91 Å². The summed E-state index contributed by atoms with van der Waals surface area (Å²) in [6.45, 7) is 0. The van der Waals surface area contributed by atoms with Gasteiger partial charge in [-0.2, -0.15) is 5.10 Å². The number of hydrazone groups is 1. The van der Waals surface area contributed by atoms with Gasteiger partial charge >= 0.3 is 5.97 Å². The number of hydrogen-bond acceptors (Lipinski definition) is 4. The summed E-state index contributed by atoms with van der Waals surface area (Å²) >= 11 is 3.43. The first-order valence-corrected chi connectivity index (χ1v) is 8.24. The lowest BCUT2D eigenvalue weighted by molar-refractivity contribution is -0.141. The molecule has 1 N–H and O–H groups in total. The maximum absolute atomic E-state index is 12.4. The molecule has 0 aliphatic carbocycles. The Morgan fingerprint density at radius 3 is 2.79 bits per heavy atom. The van der Waals surface area contributed by atoms with Gasteiger partial charge in [0.25, 0.3) is 0 Å². The molecule has 0 saturated carbocycles. The van der Waals surface area contributed by atoms with E-state index < -0.39 is 5.97 Å². The number of amides is 1. The summed E-state index contributed by atoms with van der Waals surface area (Å²) in [6, 6.07) is 10.9. The Balaban J connectivity index is 1.89. The van der Waals surface area contributed by atoms with Crippen molar-refractivity contribution in [3.8, 4) is 0 Å². The van der Waals surface area contributed by atoms with Gasteiger partial charge in [0.15, 0.2) is 0 Å². The number of nitrogens with zero attached hydrogens (tertiary/aromatic N) is 2. The topological polar surface area (TPSA) is 83.1 Å². The van der Waals surface area contributed by atoms with Crippen LogP contribution in [0.3, 0.4) is 0 Å². The van der Waals surface area contributed by atoms with E-state index in [1.807, 2.05) is 24.3 Å². The van der Waals surface area contributed by atoms with Crippen LogP contribution in [-0.4, -0.2) is 27.7 Å². The molecule has 3 rings (SSSR count). The normalized spacial score (nSPS) is 17.0. The lowest BCUT2D eigenvalue weighted by Crippen LogP contribution is -2.27. The molecular formula is C17H15BrN2O4. The molecular weight excluding hydrogens is 376 g/mol. The van der Waals surface area contributed by atoms with Crippen molar-refractivity contribution in [2.24, 2.45) is 5.10 Å². The van der Waals surface area contributed by atoms with Crippen LogP contribution in [0.4, 0.5) is 0 Å². The van der Waals surface area contributed by atoms with Gasteiger partial charge in [-0.1, -0.05) is 28.1 Å². The van der Waals surface area contributed by atoms with E-state index in [1.165, 1.54) is 5.01 Å². The largest absolute Gasteiger partial charge is 0.481 e. The molecule has 0 radical (unpaired) electrons. The average molecular weight is 391 g/mol. The van der Waals surface area contributed by atoms with E-state index in [-0.39, 0.29) is 24.8 Å². The molecule has 0 fully saturated rings. The standard InChI is InChI=1S/C17H15BrN2O4/c18-12-4-1-3-11(9-12)14-10-13(15-5-2-8-24-15)19-20(14)16(21)6-7-17(22)23/h1-5,8-9,14H,6-7,10H2,(H,22,23)/t14-/m0/s1. The molecule has 1 amide bonds. The fourth-order valence-corrected chi connectivity index (χ4v) is 3.05. The minimum atomic E-state index is -1.00. The van der Waals surface area contributed by atoms with E-state index >= 15 is 0 Å². The monoisotopic (exact) mass is 390 g/mol. The van der Waals surface area contributed by atoms with E-state index in [0.717, 1.165) is 10.0 Å². The van der Waals surface area contributed by atoms with Crippen LogP contribution in [-0.2, 0) is 9.59 Å². The Bertz CT molecular complexity index is 786. The fourth-order valence-electron chi connectivity index (χ4n) is 2.63. The number of hydrogen-bond donors (Lipinski definition) is 1. The molecule has 0 saturated heterocycles. The molecule has 6 nitrogen and oxygen atoms in total. The van der Waals surface area contributed by atoms with E-state index in [9.17, 15) is 9.59 Å². The van der Waals surface area contributed by atoms with Crippen molar-refractivity contribution in [1.29, 1.82) is 0 Å². The number of rotatable bonds is 5. The maximum Gasteiger partial charge on any atom is 0.303 e. The number of furan rings is 1. The highest BCUT2D eigenvalue weighted by atomic mass is 79.9. The van der Waals surface area contributed by atoms with Crippen LogP contribution in [0, 0.1) is 0 Å². The van der Waals surface area contributed by atoms with Gasteiger partial charge in [-0.05, 0) is 29.8 Å². The van der Waals surface area contributed by atoms with Crippen LogP contribution in [0.15, 0.2) is 56.7 Å². The van der Waals surface area contributed by atoms with Gasteiger partial charge in [-0.15, -0.1) is 0 Å². The third kappa shape index (κ3) is 3.56. The van der Waals surface area contributed by atoms with Gasteiger partial charge in [-0.3, -0.25) is 9.59 Å². The van der Waals surface area contributed by atoms with Gasteiger partial charge in [0.1, 0.15) is 11.5 Å². The molecule has 24 heavy (non-hydrogen) atoms. The summed E-state index contributed by atoms with van der Waals surface area (Å²) in [5, 5.41) is 14.6. The zero-order chi connectivity index (χ0) is 17.1. The molecule has 0 spiro atoms. The lowest BCUT2D eigenvalue weighted by Gasteiger charge is -2.22. The van der Waals surface area contributed by atoms with E-state index in [0.29, 0.717) is 17.9 Å². The first-order valence-electron chi connectivity index (χ1n) is 7.45. The SMILES string of the molecule is O=C(O)CCC(=O)N1N=C(c2ccco2)C[C@H]1c1cccc(Br)c1. The van der Waals surface area contributed by atoms with Crippen LogP contribution in [0.25, 0.3) is 0 Å². The number of carbonyl (C=O) groups excluding carboxylic acids is 1. The lowest BCUT2D eigenvalue weighted by atomic mass is 10.0. The van der Waals surface area contributed by atoms with Crippen molar-refractivity contribution < 1.29 is 19.1 Å². The molecule has 1 aliphatic rings. The van der Waals surface area contributed by atoms with Crippen molar-refractivity contribution in [2.45, 2.75) is 25.3 Å². The van der Waals surface area contributed by atoms with Gasteiger partial charge in [-0.25, -0.2) is 5.01 Å². The minimum absolute atomic E-state index is 0.0885. The highest BCUT2D eigenvalue weighted by molar-refractivity contribution is 9.10. The highest BCUT2D eigenvalue weighted by Crippen LogP contribution is 2.34. The van der Waals surface area contributed by atoms with Crippen molar-refractivity contribution in [1.82, 2.24) is 5.01 Å². The molecule has 0 bridgehead atoms. The molecule has 2 aromatic rings. The molecule has 1 atom stereocenters. The van der Waals surface area contributed by atoms with Crippen LogP contribution in [0.2, 0.25) is 0 Å². The zero-order valence-corrected chi connectivity index (χ0v) is 14.3. The predicted molar refractivity (Wildman–Crippen MR) is 90.5 cm³/mol. The Morgan fingerprint density at radius 2 is 2.12 bits per heavy atom. The second-order valence-corrected chi connectivity index (χ2v) is 6.35. The van der Waals surface area contributed by atoms with Crippen LogP contribution >= 0.6 is 15.9 Å². The van der Waals surface area contributed by atoms with Crippen molar-refractivity contribution >= 4 is 33.5 Å². The Hall–Kier alpha value is -2.41. The first-order chi connectivity index (χ1) is 11.5. The summed E-state index contributed by atoms with van der Waals surface area (Å²) in [5.41, 5.74) is 1.60. The van der Waals surface area contributed by atoms with Crippen molar-refractivity contribution in [2.75, 3.05) is 0 Å². The number of benzene rings is 1. The highest BCUT2D eigenvalue weighted by Gasteiger charge is 2.34. The third-order valence-electron chi connectivity index (χ3n) is 3.76. The summed E-state index contributed by atoms with van der Waals surface area (Å²) in [5.74, 6) is -0.704. The number of carboxylic acid groups (broad SMARTS) is 1. The Kier molecular flexibility index (Phi) is 4.80.